The zero-order valence-corrected chi connectivity index (χ0v) is 10.5. The van der Waals surface area contributed by atoms with Gasteiger partial charge in [-0.15, -0.1) is 0 Å². The van der Waals surface area contributed by atoms with Gasteiger partial charge in [-0.05, 0) is 17.7 Å². The van der Waals surface area contributed by atoms with Crippen molar-refractivity contribution in [1.29, 1.82) is 0 Å². The van der Waals surface area contributed by atoms with E-state index in [0.29, 0.717) is 17.5 Å². The Balaban J connectivity index is 1.97. The number of nitrogens with zero attached hydrogens (tertiary/aromatic N) is 2. The van der Waals surface area contributed by atoms with E-state index in [2.05, 4.69) is 10.1 Å². The second-order valence-corrected chi connectivity index (χ2v) is 4.30. The molecule has 0 radical (unpaired) electrons. The first-order valence-electron chi connectivity index (χ1n) is 5.84. The fourth-order valence-corrected chi connectivity index (χ4v) is 1.44. The van der Waals surface area contributed by atoms with Crippen LogP contribution in [0.2, 0.25) is 0 Å². The van der Waals surface area contributed by atoms with Gasteiger partial charge in [0.1, 0.15) is 5.75 Å². The lowest BCUT2D eigenvalue weighted by molar-refractivity contribution is 0.240. The predicted octanol–water partition coefficient (Wildman–Crippen LogP) is 2.26. The molecule has 0 fully saturated rings. The molecule has 96 valence electrons. The highest BCUT2D eigenvalue weighted by Crippen LogP contribution is 2.15. The molecule has 0 spiro atoms. The van der Waals surface area contributed by atoms with Crippen molar-refractivity contribution in [1.82, 2.24) is 10.1 Å². The summed E-state index contributed by atoms with van der Waals surface area (Å²) in [5, 5.41) is 12.9. The van der Waals surface area contributed by atoms with Crippen LogP contribution in [0.5, 0.6) is 5.75 Å². The Bertz CT molecular complexity index is 508. The largest absolute Gasteiger partial charge is 0.484 e. The molecule has 0 atom stereocenters. The molecule has 1 heterocycles. The van der Waals surface area contributed by atoms with E-state index in [4.69, 9.17) is 14.4 Å². The smallest absolute Gasteiger partial charge is 0.264 e. The highest BCUT2D eigenvalue weighted by atomic mass is 16.5. The van der Waals surface area contributed by atoms with Gasteiger partial charge in [-0.3, -0.25) is 0 Å². The Morgan fingerprint density at radius 3 is 2.89 bits per heavy atom. The highest BCUT2D eigenvalue weighted by Gasteiger charge is 2.09. The van der Waals surface area contributed by atoms with Crippen molar-refractivity contribution in [2.45, 2.75) is 33.0 Å². The first-order valence-corrected chi connectivity index (χ1v) is 5.84. The molecule has 0 unspecified atom stereocenters. The standard InChI is InChI=1S/C13H16N2O3/c1-9(2)13-14-12(18-15-13)8-17-11-5-3-4-10(6-11)7-16/h3-6,9,16H,7-8H2,1-2H3. The van der Waals surface area contributed by atoms with Gasteiger partial charge >= 0.3 is 0 Å². The lowest BCUT2D eigenvalue weighted by Crippen LogP contribution is -1.97. The van der Waals surface area contributed by atoms with Crippen molar-refractivity contribution in [3.63, 3.8) is 0 Å². The number of aliphatic hydroxyl groups excluding tert-OH is 1. The Hall–Kier alpha value is -1.88. The molecule has 0 amide bonds. The molecule has 1 aromatic carbocycles. The Kier molecular flexibility index (Phi) is 3.94. The van der Waals surface area contributed by atoms with Gasteiger partial charge in [-0.1, -0.05) is 31.1 Å². The van der Waals surface area contributed by atoms with E-state index >= 15 is 0 Å². The minimum Gasteiger partial charge on any atom is -0.484 e. The lowest BCUT2D eigenvalue weighted by atomic mass is 10.2. The fourth-order valence-electron chi connectivity index (χ4n) is 1.44. The molecule has 1 aromatic heterocycles. The molecule has 0 saturated heterocycles. The van der Waals surface area contributed by atoms with E-state index in [1.807, 2.05) is 32.0 Å². The van der Waals surface area contributed by atoms with E-state index in [9.17, 15) is 0 Å². The first-order chi connectivity index (χ1) is 8.69. The van der Waals surface area contributed by atoms with Crippen LogP contribution < -0.4 is 4.74 Å². The first kappa shape index (κ1) is 12.6. The summed E-state index contributed by atoms with van der Waals surface area (Å²) >= 11 is 0. The molecule has 5 heteroatoms. The van der Waals surface area contributed by atoms with Gasteiger partial charge < -0.3 is 14.4 Å². The average Bonchev–Trinajstić information content (AvgIpc) is 2.85. The zero-order chi connectivity index (χ0) is 13.0. The third-order valence-electron chi connectivity index (χ3n) is 2.44. The molecule has 2 aromatic rings. The van der Waals surface area contributed by atoms with E-state index < -0.39 is 0 Å². The normalized spacial score (nSPS) is 10.9. The monoisotopic (exact) mass is 248 g/mol. The van der Waals surface area contributed by atoms with Crippen molar-refractivity contribution < 1.29 is 14.4 Å². The van der Waals surface area contributed by atoms with Crippen LogP contribution in [0.25, 0.3) is 0 Å². The van der Waals surface area contributed by atoms with Crippen LogP contribution in [-0.4, -0.2) is 15.2 Å². The van der Waals surface area contributed by atoms with Gasteiger partial charge in [0, 0.05) is 5.92 Å². The molecule has 1 N–H and O–H groups in total. The van der Waals surface area contributed by atoms with Crippen LogP contribution in [0.3, 0.4) is 0 Å². The summed E-state index contributed by atoms with van der Waals surface area (Å²) in [6.07, 6.45) is 0. The van der Waals surface area contributed by atoms with Crippen molar-refractivity contribution in [3.05, 3.63) is 41.5 Å². The molecule has 5 nitrogen and oxygen atoms in total. The molecular formula is C13H16N2O3. The summed E-state index contributed by atoms with van der Waals surface area (Å²) in [7, 11) is 0. The van der Waals surface area contributed by atoms with Gasteiger partial charge in [-0.25, -0.2) is 0 Å². The topological polar surface area (TPSA) is 68.4 Å². The summed E-state index contributed by atoms with van der Waals surface area (Å²) < 4.78 is 10.6. The summed E-state index contributed by atoms with van der Waals surface area (Å²) in [4.78, 5) is 4.22. The van der Waals surface area contributed by atoms with Crippen LogP contribution in [0.4, 0.5) is 0 Å². The van der Waals surface area contributed by atoms with Crippen LogP contribution in [0.1, 0.15) is 37.0 Å². The molecule has 18 heavy (non-hydrogen) atoms. The van der Waals surface area contributed by atoms with E-state index in [1.54, 1.807) is 6.07 Å². The van der Waals surface area contributed by atoms with Gasteiger partial charge in [0.05, 0.1) is 6.61 Å². The van der Waals surface area contributed by atoms with Gasteiger partial charge in [0.15, 0.2) is 12.4 Å². The van der Waals surface area contributed by atoms with E-state index in [1.165, 1.54) is 0 Å². The van der Waals surface area contributed by atoms with E-state index in [-0.39, 0.29) is 19.1 Å². The number of hydrogen-bond acceptors (Lipinski definition) is 5. The Morgan fingerprint density at radius 1 is 1.39 bits per heavy atom. The third kappa shape index (κ3) is 3.07. The summed E-state index contributed by atoms with van der Waals surface area (Å²) in [6, 6.07) is 7.25. The summed E-state index contributed by atoms with van der Waals surface area (Å²) in [5.41, 5.74) is 0.806. The lowest BCUT2D eigenvalue weighted by Gasteiger charge is -2.04. The number of aromatic nitrogens is 2. The number of aliphatic hydroxyl groups is 1. The molecule has 0 aliphatic carbocycles. The van der Waals surface area contributed by atoms with Crippen LogP contribution in [0.15, 0.2) is 28.8 Å². The number of hydrogen-bond donors (Lipinski definition) is 1. The summed E-state index contributed by atoms with van der Waals surface area (Å²) in [6.45, 7) is 4.23. The van der Waals surface area contributed by atoms with Crippen LogP contribution >= 0.6 is 0 Å². The Labute approximate surface area is 105 Å². The number of rotatable bonds is 5. The zero-order valence-electron chi connectivity index (χ0n) is 10.5. The highest BCUT2D eigenvalue weighted by molar-refractivity contribution is 5.27. The van der Waals surface area contributed by atoms with Gasteiger partial charge in [-0.2, -0.15) is 4.98 Å². The number of benzene rings is 1. The average molecular weight is 248 g/mol. The Morgan fingerprint density at radius 2 is 2.22 bits per heavy atom. The minimum absolute atomic E-state index is 0.00471. The minimum atomic E-state index is -0.00471. The van der Waals surface area contributed by atoms with Crippen molar-refractivity contribution >= 4 is 0 Å². The maximum absolute atomic E-state index is 9.02. The van der Waals surface area contributed by atoms with E-state index in [0.717, 1.165) is 5.56 Å². The van der Waals surface area contributed by atoms with Crippen molar-refractivity contribution in [3.8, 4) is 5.75 Å². The number of ether oxygens (including phenoxy) is 1. The molecule has 0 bridgehead atoms. The van der Waals surface area contributed by atoms with Gasteiger partial charge in [0.25, 0.3) is 5.89 Å². The van der Waals surface area contributed by atoms with Gasteiger partial charge in [0.2, 0.25) is 0 Å². The molecule has 0 aliphatic heterocycles. The second kappa shape index (κ2) is 5.64. The van der Waals surface area contributed by atoms with Crippen molar-refractivity contribution in [2.75, 3.05) is 0 Å². The SMILES string of the molecule is CC(C)c1noc(COc2cccc(CO)c2)n1. The van der Waals surface area contributed by atoms with Crippen molar-refractivity contribution in [2.24, 2.45) is 0 Å². The van der Waals surface area contributed by atoms with Crippen LogP contribution in [0, 0.1) is 0 Å². The molecular weight excluding hydrogens is 232 g/mol. The fraction of sp³-hybridized carbons (Fsp3) is 0.385. The quantitative estimate of drug-likeness (QED) is 0.879. The molecule has 2 rings (SSSR count). The maximum atomic E-state index is 9.02. The predicted molar refractivity (Wildman–Crippen MR) is 65.1 cm³/mol. The maximum Gasteiger partial charge on any atom is 0.264 e. The second-order valence-electron chi connectivity index (χ2n) is 4.30. The summed E-state index contributed by atoms with van der Waals surface area (Å²) in [5.74, 6) is 2.04. The third-order valence-corrected chi connectivity index (χ3v) is 2.44. The molecule has 0 saturated carbocycles. The molecule has 0 aliphatic rings. The van der Waals surface area contributed by atoms with Crippen LogP contribution in [-0.2, 0) is 13.2 Å².